The van der Waals surface area contributed by atoms with E-state index in [0.29, 0.717) is 6.04 Å². The summed E-state index contributed by atoms with van der Waals surface area (Å²) >= 11 is 0. The Morgan fingerprint density at radius 1 is 1.00 bits per heavy atom. The standard InChI is InChI=1S/C16H21N/c1-12-6-8-14(9-7-12)16-15-5-3-2-4-13(15)10-11-17-16/h6-9,16-17H,2-5,10-11H2,1H3. The minimum atomic E-state index is 0.500. The fourth-order valence-corrected chi connectivity index (χ4v) is 3.19. The van der Waals surface area contributed by atoms with Gasteiger partial charge in [0.25, 0.3) is 0 Å². The average molecular weight is 227 g/mol. The van der Waals surface area contributed by atoms with Gasteiger partial charge >= 0.3 is 0 Å². The molecule has 1 aromatic carbocycles. The zero-order valence-corrected chi connectivity index (χ0v) is 10.6. The highest BCUT2D eigenvalue weighted by atomic mass is 14.9. The Morgan fingerprint density at radius 2 is 1.76 bits per heavy atom. The largest absolute Gasteiger partial charge is 0.306 e. The zero-order valence-electron chi connectivity index (χ0n) is 10.6. The second kappa shape index (κ2) is 4.66. The van der Waals surface area contributed by atoms with Crippen LogP contribution in [-0.4, -0.2) is 6.54 Å². The van der Waals surface area contributed by atoms with Crippen LogP contribution in [-0.2, 0) is 0 Å². The number of rotatable bonds is 1. The lowest BCUT2D eigenvalue weighted by atomic mass is 9.81. The number of hydrogen-bond donors (Lipinski definition) is 1. The Balaban J connectivity index is 1.94. The van der Waals surface area contributed by atoms with Crippen molar-refractivity contribution in [1.82, 2.24) is 5.32 Å². The van der Waals surface area contributed by atoms with Gasteiger partial charge in [-0.15, -0.1) is 0 Å². The van der Waals surface area contributed by atoms with E-state index in [2.05, 4.69) is 36.5 Å². The van der Waals surface area contributed by atoms with Gasteiger partial charge in [0, 0.05) is 0 Å². The lowest BCUT2D eigenvalue weighted by Gasteiger charge is -2.33. The first-order valence-corrected chi connectivity index (χ1v) is 6.85. The van der Waals surface area contributed by atoms with Gasteiger partial charge in [-0.3, -0.25) is 0 Å². The molecular formula is C16H21N. The minimum absolute atomic E-state index is 0.500. The van der Waals surface area contributed by atoms with Gasteiger partial charge in [-0.25, -0.2) is 0 Å². The number of hydrogen-bond acceptors (Lipinski definition) is 1. The van der Waals surface area contributed by atoms with Crippen molar-refractivity contribution in [2.24, 2.45) is 0 Å². The van der Waals surface area contributed by atoms with Crippen LogP contribution in [0.5, 0.6) is 0 Å². The minimum Gasteiger partial charge on any atom is -0.306 e. The molecule has 1 heterocycles. The third-order valence-electron chi connectivity index (χ3n) is 4.16. The van der Waals surface area contributed by atoms with Crippen molar-refractivity contribution in [2.45, 2.75) is 45.1 Å². The van der Waals surface area contributed by atoms with Gasteiger partial charge < -0.3 is 5.32 Å². The molecule has 1 N–H and O–H groups in total. The SMILES string of the molecule is Cc1ccc(C2NCCC3=C2CCCC3)cc1. The van der Waals surface area contributed by atoms with Gasteiger partial charge in [-0.05, 0) is 56.7 Å². The third-order valence-corrected chi connectivity index (χ3v) is 4.16. The molecule has 1 nitrogen and oxygen atoms in total. The van der Waals surface area contributed by atoms with Gasteiger partial charge in [-0.1, -0.05) is 35.4 Å². The number of nitrogens with one attached hydrogen (secondary N) is 1. The summed E-state index contributed by atoms with van der Waals surface area (Å²) in [6, 6.07) is 9.54. The molecule has 90 valence electrons. The predicted molar refractivity (Wildman–Crippen MR) is 72.0 cm³/mol. The summed E-state index contributed by atoms with van der Waals surface area (Å²) in [7, 11) is 0. The van der Waals surface area contributed by atoms with E-state index in [1.54, 1.807) is 11.1 Å². The molecule has 1 aromatic rings. The molecule has 0 bridgehead atoms. The molecule has 1 aliphatic heterocycles. The highest BCUT2D eigenvalue weighted by Gasteiger charge is 2.25. The van der Waals surface area contributed by atoms with Gasteiger partial charge in [0.15, 0.2) is 0 Å². The monoisotopic (exact) mass is 227 g/mol. The summed E-state index contributed by atoms with van der Waals surface area (Å²) in [5.41, 5.74) is 6.25. The Morgan fingerprint density at radius 3 is 2.59 bits per heavy atom. The third kappa shape index (κ3) is 2.16. The molecule has 1 atom stereocenters. The molecule has 0 spiro atoms. The zero-order chi connectivity index (χ0) is 11.7. The van der Waals surface area contributed by atoms with Crippen LogP contribution in [0.25, 0.3) is 0 Å². The number of aryl methyl sites for hydroxylation is 1. The first kappa shape index (κ1) is 11.0. The van der Waals surface area contributed by atoms with Crippen LogP contribution in [0, 0.1) is 6.92 Å². The molecule has 1 aliphatic carbocycles. The predicted octanol–water partition coefficient (Wildman–Crippen LogP) is 3.90. The Labute approximate surface area is 104 Å². The molecular weight excluding hydrogens is 206 g/mol. The van der Waals surface area contributed by atoms with Crippen molar-refractivity contribution in [1.29, 1.82) is 0 Å². The highest BCUT2D eigenvalue weighted by Crippen LogP contribution is 2.37. The second-order valence-corrected chi connectivity index (χ2v) is 5.38. The summed E-state index contributed by atoms with van der Waals surface area (Å²) in [5, 5.41) is 3.70. The van der Waals surface area contributed by atoms with Crippen LogP contribution in [0.2, 0.25) is 0 Å². The first-order chi connectivity index (χ1) is 8.34. The Hall–Kier alpha value is -1.08. The molecule has 17 heavy (non-hydrogen) atoms. The van der Waals surface area contributed by atoms with Crippen LogP contribution in [0.4, 0.5) is 0 Å². The summed E-state index contributed by atoms with van der Waals surface area (Å²) < 4.78 is 0. The van der Waals surface area contributed by atoms with Gasteiger partial charge in [0.2, 0.25) is 0 Å². The maximum Gasteiger partial charge on any atom is 0.0538 e. The van der Waals surface area contributed by atoms with Gasteiger partial charge in [0.1, 0.15) is 0 Å². The van der Waals surface area contributed by atoms with Crippen LogP contribution < -0.4 is 5.32 Å². The van der Waals surface area contributed by atoms with Crippen LogP contribution >= 0.6 is 0 Å². The summed E-state index contributed by atoms with van der Waals surface area (Å²) in [5.74, 6) is 0. The van der Waals surface area contributed by atoms with E-state index in [9.17, 15) is 0 Å². The summed E-state index contributed by atoms with van der Waals surface area (Å²) in [4.78, 5) is 0. The quantitative estimate of drug-likeness (QED) is 0.717. The Bertz CT molecular complexity index is 423. The van der Waals surface area contributed by atoms with E-state index in [4.69, 9.17) is 0 Å². The second-order valence-electron chi connectivity index (χ2n) is 5.38. The van der Waals surface area contributed by atoms with Crippen molar-refractivity contribution < 1.29 is 0 Å². The van der Waals surface area contributed by atoms with Crippen molar-refractivity contribution in [2.75, 3.05) is 6.54 Å². The maximum absolute atomic E-state index is 3.70. The van der Waals surface area contributed by atoms with Crippen LogP contribution in [0.1, 0.15) is 49.3 Å². The van der Waals surface area contributed by atoms with Crippen molar-refractivity contribution in [3.8, 4) is 0 Å². The van der Waals surface area contributed by atoms with Crippen LogP contribution in [0.3, 0.4) is 0 Å². The fourth-order valence-electron chi connectivity index (χ4n) is 3.19. The molecule has 2 aliphatic rings. The lowest BCUT2D eigenvalue weighted by Crippen LogP contribution is -2.31. The molecule has 0 fully saturated rings. The molecule has 1 heteroatoms. The summed E-state index contributed by atoms with van der Waals surface area (Å²) in [6.45, 7) is 3.31. The molecule has 0 aromatic heterocycles. The van der Waals surface area contributed by atoms with E-state index >= 15 is 0 Å². The normalized spacial score (nSPS) is 24.6. The molecule has 0 saturated heterocycles. The van der Waals surface area contributed by atoms with E-state index in [0.717, 1.165) is 6.54 Å². The van der Waals surface area contributed by atoms with Crippen LogP contribution in [0.15, 0.2) is 35.4 Å². The summed E-state index contributed by atoms with van der Waals surface area (Å²) in [6.07, 6.45) is 6.71. The van der Waals surface area contributed by atoms with Gasteiger partial charge in [-0.2, -0.15) is 0 Å². The van der Waals surface area contributed by atoms with Crippen molar-refractivity contribution in [3.05, 3.63) is 46.5 Å². The van der Waals surface area contributed by atoms with E-state index in [1.165, 1.54) is 43.2 Å². The van der Waals surface area contributed by atoms with Crippen molar-refractivity contribution in [3.63, 3.8) is 0 Å². The van der Waals surface area contributed by atoms with Gasteiger partial charge in [0.05, 0.1) is 6.04 Å². The first-order valence-electron chi connectivity index (χ1n) is 6.85. The molecule has 0 saturated carbocycles. The smallest absolute Gasteiger partial charge is 0.0538 e. The fraction of sp³-hybridized carbons (Fsp3) is 0.500. The Kier molecular flexibility index (Phi) is 3.02. The molecule has 3 rings (SSSR count). The van der Waals surface area contributed by atoms with E-state index in [1.807, 2.05) is 0 Å². The lowest BCUT2D eigenvalue weighted by molar-refractivity contribution is 0.489. The average Bonchev–Trinajstić information content (AvgIpc) is 2.39. The molecule has 0 amide bonds. The maximum atomic E-state index is 3.70. The molecule has 1 unspecified atom stereocenters. The highest BCUT2D eigenvalue weighted by molar-refractivity contribution is 5.35. The topological polar surface area (TPSA) is 12.0 Å². The molecule has 0 radical (unpaired) electrons. The van der Waals surface area contributed by atoms with E-state index in [-0.39, 0.29) is 0 Å². The van der Waals surface area contributed by atoms with Crippen molar-refractivity contribution >= 4 is 0 Å². The van der Waals surface area contributed by atoms with E-state index < -0.39 is 0 Å². The number of benzene rings is 1.